The minimum atomic E-state index is -1.01. The van der Waals surface area contributed by atoms with E-state index in [1.165, 1.54) is 28.4 Å². The van der Waals surface area contributed by atoms with Gasteiger partial charge in [0.2, 0.25) is 0 Å². The predicted molar refractivity (Wildman–Crippen MR) is 176 cm³/mol. The van der Waals surface area contributed by atoms with Gasteiger partial charge in [-0.3, -0.25) is 0 Å². The van der Waals surface area contributed by atoms with Crippen LogP contribution in [0, 0.1) is 0 Å². The van der Waals surface area contributed by atoms with Crippen molar-refractivity contribution >= 4 is 0 Å². The van der Waals surface area contributed by atoms with Gasteiger partial charge in [-0.2, -0.15) is 0 Å². The van der Waals surface area contributed by atoms with Gasteiger partial charge < -0.3 is 94.1 Å². The Hall–Kier alpha value is -0.760. The van der Waals surface area contributed by atoms with Gasteiger partial charge in [0.25, 0.3) is 0 Å². The standard InChI is InChI=1S/3C8H16O5.C8H16O4/c3*1-4-6(10)7(11)8(12-2)5(3-9)13-4;1-4-6(9)7(10)8(11-3)5(2)12-4/h3*4-11H,3H2,1-2H3;4-10H,1-3H3/t4-,5?,6?,7-,8+;3*4-,5?,6?,7-,8-/m1111/s1. The molecule has 19 heteroatoms. The second-order valence-corrected chi connectivity index (χ2v) is 13.0. The minimum absolute atomic E-state index is 0.177. The van der Waals surface area contributed by atoms with Crippen LogP contribution in [0.1, 0.15) is 34.6 Å². The van der Waals surface area contributed by atoms with Gasteiger partial charge in [0.05, 0.1) is 50.3 Å². The van der Waals surface area contributed by atoms with Gasteiger partial charge in [-0.05, 0) is 34.6 Å². The van der Waals surface area contributed by atoms with Crippen LogP contribution in [0.15, 0.2) is 0 Å². The Morgan fingerprint density at radius 3 is 0.765 bits per heavy atom. The molecule has 0 aromatic rings. The fourth-order valence-corrected chi connectivity index (χ4v) is 6.27. The largest absolute Gasteiger partial charge is 0.394 e. The Morgan fingerprint density at radius 1 is 0.333 bits per heavy atom. The highest BCUT2D eigenvalue weighted by Gasteiger charge is 2.45. The number of ether oxygens (including phenoxy) is 8. The van der Waals surface area contributed by atoms with Gasteiger partial charge in [0, 0.05) is 28.4 Å². The lowest BCUT2D eigenvalue weighted by molar-refractivity contribution is -0.231. The molecule has 0 aliphatic carbocycles. The highest BCUT2D eigenvalue weighted by molar-refractivity contribution is 4.93. The van der Waals surface area contributed by atoms with Crippen molar-refractivity contribution in [2.45, 2.75) is 157 Å². The highest BCUT2D eigenvalue weighted by atomic mass is 16.6. The molecule has 0 aromatic heterocycles. The van der Waals surface area contributed by atoms with E-state index in [0.717, 1.165) is 0 Å². The Bertz CT molecular complexity index is 830. The number of hydrogen-bond acceptors (Lipinski definition) is 19. The molecule has 8 unspecified atom stereocenters. The Balaban J connectivity index is 0.000000340. The predicted octanol–water partition coefficient (Wildman–Crippen LogP) is -4.96. The summed E-state index contributed by atoms with van der Waals surface area (Å²) >= 11 is 0. The van der Waals surface area contributed by atoms with E-state index >= 15 is 0 Å². The maximum Gasteiger partial charge on any atom is 0.114 e. The monoisotopic (exact) mass is 752 g/mol. The first-order chi connectivity index (χ1) is 23.9. The summed E-state index contributed by atoms with van der Waals surface area (Å²) in [6.07, 6.45) is -13.8. The molecule has 306 valence electrons. The molecule has 4 saturated heterocycles. The lowest BCUT2D eigenvalue weighted by Gasteiger charge is -2.40. The van der Waals surface area contributed by atoms with E-state index in [0.29, 0.717) is 0 Å². The SMILES string of the molecule is CO[C@@H]1C(C)O[C@H](C)C(O)[C@H]1O.CO[C@@H]1C(CO)O[C@H](C)C(O)[C@H]1O.CO[C@@H]1C(CO)O[C@H](C)C(O)[C@H]1O.CO[C@H]1C(CO)O[C@H](C)C(O)[C@H]1O. The van der Waals surface area contributed by atoms with Crippen LogP contribution in [0.3, 0.4) is 0 Å². The molecule has 4 rings (SSSR count). The van der Waals surface area contributed by atoms with Crippen molar-refractivity contribution in [3.8, 4) is 0 Å². The zero-order chi connectivity index (χ0) is 39.3. The second kappa shape index (κ2) is 23.2. The lowest BCUT2D eigenvalue weighted by Crippen LogP contribution is -2.58. The van der Waals surface area contributed by atoms with E-state index in [2.05, 4.69) is 0 Å². The quantitative estimate of drug-likeness (QED) is 0.116. The summed E-state index contributed by atoms with van der Waals surface area (Å²) in [5.74, 6) is 0. The number of rotatable bonds is 7. The average Bonchev–Trinajstić information content (AvgIpc) is 3.11. The molecule has 11 N–H and O–H groups in total. The van der Waals surface area contributed by atoms with E-state index < -0.39 is 110 Å². The Labute approximate surface area is 299 Å². The zero-order valence-corrected chi connectivity index (χ0v) is 30.9. The van der Waals surface area contributed by atoms with Crippen LogP contribution in [0.2, 0.25) is 0 Å². The van der Waals surface area contributed by atoms with Crippen molar-refractivity contribution in [1.82, 2.24) is 0 Å². The molecule has 4 aliphatic heterocycles. The lowest BCUT2D eigenvalue weighted by atomic mass is 9.96. The van der Waals surface area contributed by atoms with E-state index in [1.807, 2.05) is 6.92 Å². The van der Waals surface area contributed by atoms with Gasteiger partial charge in [-0.15, -0.1) is 0 Å². The van der Waals surface area contributed by atoms with Crippen LogP contribution < -0.4 is 0 Å². The molecule has 0 bridgehead atoms. The summed E-state index contributed by atoms with van der Waals surface area (Å²) in [5, 5.41) is 103. The first-order valence-electron chi connectivity index (χ1n) is 16.9. The average molecular weight is 753 g/mol. The third-order valence-corrected chi connectivity index (χ3v) is 9.46. The molecule has 4 heterocycles. The van der Waals surface area contributed by atoms with Crippen molar-refractivity contribution in [3.05, 3.63) is 0 Å². The molecular weight excluding hydrogens is 688 g/mol. The van der Waals surface area contributed by atoms with Crippen LogP contribution in [0.4, 0.5) is 0 Å². The van der Waals surface area contributed by atoms with Crippen LogP contribution in [-0.2, 0) is 37.9 Å². The molecular formula is C32H64O19. The molecule has 0 amide bonds. The molecule has 0 radical (unpaired) electrons. The summed E-state index contributed by atoms with van der Waals surface area (Å²) in [5.41, 5.74) is 0. The van der Waals surface area contributed by atoms with Crippen molar-refractivity contribution in [1.29, 1.82) is 0 Å². The maximum absolute atomic E-state index is 9.54. The molecule has 0 saturated carbocycles. The van der Waals surface area contributed by atoms with Crippen molar-refractivity contribution in [2.75, 3.05) is 48.3 Å². The fraction of sp³-hybridized carbons (Fsp3) is 1.00. The Kier molecular flexibility index (Phi) is 22.0. The molecule has 0 spiro atoms. The maximum atomic E-state index is 9.54. The van der Waals surface area contributed by atoms with Gasteiger partial charge >= 0.3 is 0 Å². The van der Waals surface area contributed by atoms with Gasteiger partial charge in [-0.1, -0.05) is 0 Å². The first-order valence-corrected chi connectivity index (χ1v) is 16.9. The summed E-state index contributed by atoms with van der Waals surface area (Å²) in [6.45, 7) is 7.79. The summed E-state index contributed by atoms with van der Waals surface area (Å²) in [4.78, 5) is 0. The van der Waals surface area contributed by atoms with E-state index in [9.17, 15) is 40.9 Å². The third kappa shape index (κ3) is 12.6. The van der Waals surface area contributed by atoms with Crippen molar-refractivity contribution < 1.29 is 94.1 Å². The summed E-state index contributed by atoms with van der Waals surface area (Å²) in [7, 11) is 5.71. The molecule has 4 fully saturated rings. The smallest absolute Gasteiger partial charge is 0.114 e. The second-order valence-electron chi connectivity index (χ2n) is 13.0. The molecule has 51 heavy (non-hydrogen) atoms. The van der Waals surface area contributed by atoms with Gasteiger partial charge in [0.1, 0.15) is 91.6 Å². The fourth-order valence-electron chi connectivity index (χ4n) is 6.27. The number of aliphatic hydroxyl groups excluding tert-OH is 11. The van der Waals surface area contributed by atoms with Gasteiger partial charge in [0.15, 0.2) is 0 Å². The van der Waals surface area contributed by atoms with E-state index in [4.69, 9.17) is 53.2 Å². The minimum Gasteiger partial charge on any atom is -0.394 e. The first kappa shape index (κ1) is 48.3. The summed E-state index contributed by atoms with van der Waals surface area (Å²) < 4.78 is 40.8. The molecule has 19 nitrogen and oxygen atoms in total. The Morgan fingerprint density at radius 2 is 0.549 bits per heavy atom. The topological polar surface area (TPSA) is 296 Å². The van der Waals surface area contributed by atoms with Gasteiger partial charge in [-0.25, -0.2) is 0 Å². The molecule has 20 atom stereocenters. The molecule has 0 aromatic carbocycles. The van der Waals surface area contributed by atoms with Crippen LogP contribution in [0.25, 0.3) is 0 Å². The number of hydrogen-bond donors (Lipinski definition) is 11. The van der Waals surface area contributed by atoms with E-state index in [-0.39, 0.29) is 32.0 Å². The van der Waals surface area contributed by atoms with Crippen LogP contribution in [-0.4, -0.2) is 227 Å². The highest BCUT2D eigenvalue weighted by Crippen LogP contribution is 2.25. The number of methoxy groups -OCH3 is 4. The number of aliphatic hydroxyl groups is 11. The van der Waals surface area contributed by atoms with Crippen LogP contribution >= 0.6 is 0 Å². The van der Waals surface area contributed by atoms with Crippen molar-refractivity contribution in [3.63, 3.8) is 0 Å². The summed E-state index contributed by atoms with van der Waals surface area (Å²) in [6, 6.07) is 0. The molecule has 4 aliphatic rings. The van der Waals surface area contributed by atoms with Crippen molar-refractivity contribution in [2.24, 2.45) is 0 Å². The normalized spacial score (nSPS) is 47.1. The zero-order valence-electron chi connectivity index (χ0n) is 30.9. The van der Waals surface area contributed by atoms with E-state index in [1.54, 1.807) is 27.7 Å². The van der Waals surface area contributed by atoms with Crippen LogP contribution in [0.5, 0.6) is 0 Å². The third-order valence-electron chi connectivity index (χ3n) is 9.46.